The summed E-state index contributed by atoms with van der Waals surface area (Å²) in [6, 6.07) is 7.78. The Balaban J connectivity index is 1.84. The van der Waals surface area contributed by atoms with Crippen LogP contribution in [0.1, 0.15) is 17.1 Å². The Labute approximate surface area is 149 Å². The van der Waals surface area contributed by atoms with Crippen LogP contribution in [0.25, 0.3) is 22.6 Å². The van der Waals surface area contributed by atoms with Crippen molar-refractivity contribution in [1.82, 2.24) is 29.7 Å². The van der Waals surface area contributed by atoms with Crippen molar-refractivity contribution in [2.75, 3.05) is 0 Å². The van der Waals surface area contributed by atoms with E-state index in [2.05, 4.69) is 20.1 Å². The summed E-state index contributed by atoms with van der Waals surface area (Å²) in [5, 5.41) is 5.49. The highest BCUT2D eigenvalue weighted by Crippen LogP contribution is 2.29. The van der Waals surface area contributed by atoms with Crippen molar-refractivity contribution in [3.63, 3.8) is 0 Å². The number of aromatic amines is 1. The molecule has 0 bridgehead atoms. The molecule has 4 aromatic rings. The lowest BCUT2D eigenvalue weighted by Gasteiger charge is -2.06. The van der Waals surface area contributed by atoms with Crippen LogP contribution in [0.2, 0.25) is 0 Å². The van der Waals surface area contributed by atoms with Crippen LogP contribution in [0.5, 0.6) is 0 Å². The van der Waals surface area contributed by atoms with Gasteiger partial charge in [-0.25, -0.2) is 19.3 Å². The Hall–Kier alpha value is -3.30. The Morgan fingerprint density at radius 1 is 1.15 bits per heavy atom. The summed E-state index contributed by atoms with van der Waals surface area (Å²) >= 11 is 0. The smallest absolute Gasteiger partial charge is 0.334 e. The second-order valence-electron chi connectivity index (χ2n) is 5.95. The molecule has 3 aromatic heterocycles. The van der Waals surface area contributed by atoms with Crippen LogP contribution in [-0.4, -0.2) is 29.7 Å². The van der Waals surface area contributed by atoms with Gasteiger partial charge in [-0.05, 0) is 17.7 Å². The van der Waals surface area contributed by atoms with E-state index in [0.717, 1.165) is 0 Å². The molecule has 138 valence electrons. The van der Waals surface area contributed by atoms with E-state index in [9.17, 15) is 17.6 Å². The number of benzene rings is 1. The number of nitrogens with zero attached hydrogens (tertiary/aromatic N) is 5. The van der Waals surface area contributed by atoms with Crippen molar-refractivity contribution in [3.05, 3.63) is 59.6 Å². The van der Waals surface area contributed by atoms with Crippen molar-refractivity contribution in [2.45, 2.75) is 12.6 Å². The van der Waals surface area contributed by atoms with Crippen molar-refractivity contribution in [3.8, 4) is 11.5 Å². The molecule has 3 heterocycles. The molecule has 1 aromatic carbocycles. The molecule has 1 N–H and O–H groups in total. The summed E-state index contributed by atoms with van der Waals surface area (Å²) in [6.45, 7) is 0. The molecule has 10 heteroatoms. The first kappa shape index (κ1) is 17.1. The SMILES string of the molecule is Cn1cnc2c(Cc3ccccc3F)nc(-c3n[nH]c(C(F)(F)F)n3)cc21. The predicted octanol–water partition coefficient (Wildman–Crippen LogP) is 3.50. The summed E-state index contributed by atoms with van der Waals surface area (Å²) in [6.07, 6.45) is -2.96. The van der Waals surface area contributed by atoms with Gasteiger partial charge in [-0.3, -0.25) is 5.10 Å². The Morgan fingerprint density at radius 3 is 2.63 bits per heavy atom. The van der Waals surface area contributed by atoms with E-state index in [4.69, 9.17) is 0 Å². The Kier molecular flexibility index (Phi) is 3.90. The number of halogens is 4. The van der Waals surface area contributed by atoms with Crippen LogP contribution in [0.15, 0.2) is 36.7 Å². The van der Waals surface area contributed by atoms with E-state index in [1.54, 1.807) is 42.2 Å². The van der Waals surface area contributed by atoms with Crippen molar-refractivity contribution in [1.29, 1.82) is 0 Å². The van der Waals surface area contributed by atoms with Gasteiger partial charge in [0.25, 0.3) is 0 Å². The molecule has 0 saturated carbocycles. The highest BCUT2D eigenvalue weighted by Gasteiger charge is 2.35. The summed E-state index contributed by atoms with van der Waals surface area (Å²) < 4.78 is 54.1. The quantitative estimate of drug-likeness (QED) is 0.556. The molecule has 0 radical (unpaired) electrons. The van der Waals surface area contributed by atoms with Gasteiger partial charge >= 0.3 is 6.18 Å². The third-order valence-corrected chi connectivity index (χ3v) is 4.08. The predicted molar refractivity (Wildman–Crippen MR) is 88.1 cm³/mol. The topological polar surface area (TPSA) is 72.3 Å². The number of H-pyrrole nitrogens is 1. The van der Waals surface area contributed by atoms with Gasteiger partial charge in [0.1, 0.15) is 17.0 Å². The van der Waals surface area contributed by atoms with Crippen LogP contribution in [0.3, 0.4) is 0 Å². The summed E-state index contributed by atoms with van der Waals surface area (Å²) in [5.41, 5.74) is 2.14. The molecule has 0 fully saturated rings. The normalized spacial score (nSPS) is 12.0. The maximum atomic E-state index is 14.0. The first-order valence-electron chi connectivity index (χ1n) is 7.87. The van der Waals surface area contributed by atoms with E-state index < -0.39 is 17.8 Å². The van der Waals surface area contributed by atoms with Gasteiger partial charge in [0.15, 0.2) is 5.82 Å². The highest BCUT2D eigenvalue weighted by atomic mass is 19.4. The molecule has 0 aliphatic rings. The van der Waals surface area contributed by atoms with Gasteiger partial charge in [0.05, 0.1) is 17.5 Å². The number of rotatable bonds is 3. The molecule has 0 aliphatic carbocycles. The number of hydrogen-bond acceptors (Lipinski definition) is 4. The Morgan fingerprint density at radius 2 is 1.93 bits per heavy atom. The maximum absolute atomic E-state index is 14.0. The molecule has 0 unspecified atom stereocenters. The molecule has 6 nitrogen and oxygen atoms in total. The van der Waals surface area contributed by atoms with Crippen molar-refractivity contribution >= 4 is 11.0 Å². The molecule has 0 spiro atoms. The number of imidazole rings is 1. The van der Waals surface area contributed by atoms with Crippen LogP contribution < -0.4 is 0 Å². The molecule has 0 atom stereocenters. The molecular formula is C17H12F4N6. The zero-order valence-electron chi connectivity index (χ0n) is 13.9. The summed E-state index contributed by atoms with van der Waals surface area (Å²) in [7, 11) is 1.74. The van der Waals surface area contributed by atoms with Crippen LogP contribution in [0.4, 0.5) is 17.6 Å². The lowest BCUT2D eigenvalue weighted by molar-refractivity contribution is -0.144. The minimum atomic E-state index is -4.64. The van der Waals surface area contributed by atoms with Gasteiger partial charge in [-0.15, -0.1) is 0 Å². The van der Waals surface area contributed by atoms with E-state index >= 15 is 0 Å². The minimum Gasteiger partial charge on any atom is -0.334 e. The minimum absolute atomic E-state index is 0.130. The lowest BCUT2D eigenvalue weighted by Crippen LogP contribution is -2.07. The lowest BCUT2D eigenvalue weighted by atomic mass is 10.1. The number of hydrogen-bond donors (Lipinski definition) is 1. The molecule has 4 rings (SSSR count). The number of alkyl halides is 3. The molecule has 27 heavy (non-hydrogen) atoms. The molecule has 0 aliphatic heterocycles. The highest BCUT2D eigenvalue weighted by molar-refractivity contribution is 5.81. The van der Waals surface area contributed by atoms with Gasteiger partial charge in [-0.1, -0.05) is 18.2 Å². The largest absolute Gasteiger partial charge is 0.451 e. The van der Waals surface area contributed by atoms with Crippen LogP contribution in [0, 0.1) is 5.82 Å². The number of fused-ring (bicyclic) bond motifs is 1. The zero-order valence-corrected chi connectivity index (χ0v) is 13.9. The maximum Gasteiger partial charge on any atom is 0.451 e. The average molecular weight is 376 g/mol. The van der Waals surface area contributed by atoms with Crippen molar-refractivity contribution < 1.29 is 17.6 Å². The third-order valence-electron chi connectivity index (χ3n) is 4.08. The van der Waals surface area contributed by atoms with E-state index in [-0.39, 0.29) is 17.9 Å². The molecule has 0 saturated heterocycles. The number of aromatic nitrogens is 6. The van der Waals surface area contributed by atoms with Crippen LogP contribution in [-0.2, 0) is 19.6 Å². The monoisotopic (exact) mass is 376 g/mol. The van der Waals surface area contributed by atoms with Gasteiger partial charge in [0.2, 0.25) is 5.82 Å². The number of pyridine rings is 1. The van der Waals surface area contributed by atoms with Gasteiger partial charge in [-0.2, -0.15) is 18.3 Å². The second-order valence-corrected chi connectivity index (χ2v) is 5.95. The first-order chi connectivity index (χ1) is 12.8. The van der Waals surface area contributed by atoms with E-state index in [1.807, 2.05) is 5.10 Å². The summed E-state index contributed by atoms with van der Waals surface area (Å²) in [5.74, 6) is -1.80. The fourth-order valence-corrected chi connectivity index (χ4v) is 2.76. The molecule has 0 amide bonds. The average Bonchev–Trinajstić information content (AvgIpc) is 3.24. The Bertz CT molecular complexity index is 1130. The molecular weight excluding hydrogens is 364 g/mol. The number of aryl methyl sites for hydroxylation is 1. The fraction of sp³-hybridized carbons (Fsp3) is 0.176. The third kappa shape index (κ3) is 3.14. The van der Waals surface area contributed by atoms with Gasteiger partial charge < -0.3 is 4.57 Å². The van der Waals surface area contributed by atoms with Crippen molar-refractivity contribution in [2.24, 2.45) is 7.05 Å². The van der Waals surface area contributed by atoms with E-state index in [1.165, 1.54) is 6.07 Å². The second kappa shape index (κ2) is 6.15. The standard InChI is InChI=1S/C17H12F4N6/c1-27-8-22-14-11(6-9-4-2-3-5-10(9)18)23-12(7-13(14)27)15-24-16(26-25-15)17(19,20)21/h2-5,7-8H,6H2,1H3,(H,24,25,26). The fourth-order valence-electron chi connectivity index (χ4n) is 2.76. The first-order valence-corrected chi connectivity index (χ1v) is 7.87. The van der Waals surface area contributed by atoms with Gasteiger partial charge in [0, 0.05) is 13.5 Å². The zero-order chi connectivity index (χ0) is 19.2. The van der Waals surface area contributed by atoms with E-state index in [0.29, 0.717) is 22.3 Å². The number of nitrogens with one attached hydrogen (secondary N) is 1. The summed E-state index contributed by atoms with van der Waals surface area (Å²) in [4.78, 5) is 12.1. The van der Waals surface area contributed by atoms with Crippen LogP contribution >= 0.6 is 0 Å².